The Morgan fingerprint density at radius 2 is 1.93 bits per heavy atom. The number of allylic oxidation sites excluding steroid dienone is 1. The van der Waals surface area contributed by atoms with E-state index in [1.807, 2.05) is 25.2 Å². The SMILES string of the molecule is CCOC(=O)c1nn(C2CCN(C(C)=O)CC2)c2c1CC/C(=C/N(C)C)C2=O. The molecule has 1 aliphatic heterocycles. The van der Waals surface area contributed by atoms with Crippen LogP contribution in [0, 0.1) is 0 Å². The van der Waals surface area contributed by atoms with Crippen molar-refractivity contribution in [3.8, 4) is 0 Å². The van der Waals surface area contributed by atoms with E-state index in [1.54, 1.807) is 23.4 Å². The molecule has 1 fully saturated rings. The number of hydrogen-bond donors (Lipinski definition) is 0. The molecule has 2 aliphatic rings. The second-order valence-corrected chi connectivity index (χ2v) is 7.53. The number of fused-ring (bicyclic) bond motifs is 1. The van der Waals surface area contributed by atoms with E-state index in [0.717, 1.165) is 5.57 Å². The van der Waals surface area contributed by atoms with Gasteiger partial charge in [-0.2, -0.15) is 5.10 Å². The lowest BCUT2D eigenvalue weighted by Gasteiger charge is -2.32. The number of carbonyl (C=O) groups excluding carboxylic acids is 3. The van der Waals surface area contributed by atoms with Crippen LogP contribution >= 0.6 is 0 Å². The predicted molar refractivity (Wildman–Crippen MR) is 103 cm³/mol. The van der Waals surface area contributed by atoms with Gasteiger partial charge >= 0.3 is 5.97 Å². The summed E-state index contributed by atoms with van der Waals surface area (Å²) in [6, 6.07) is -0.0183. The van der Waals surface area contributed by atoms with Crippen molar-refractivity contribution in [2.45, 2.75) is 45.6 Å². The molecule has 1 amide bonds. The first-order valence-corrected chi connectivity index (χ1v) is 9.79. The molecule has 2 heterocycles. The Morgan fingerprint density at radius 1 is 1.25 bits per heavy atom. The van der Waals surface area contributed by atoms with Crippen LogP contribution in [0.5, 0.6) is 0 Å². The Kier molecular flexibility index (Phi) is 5.86. The Hall–Kier alpha value is -2.64. The van der Waals surface area contributed by atoms with Crippen LogP contribution in [0.3, 0.4) is 0 Å². The highest BCUT2D eigenvalue weighted by Gasteiger charge is 2.36. The molecule has 0 atom stereocenters. The van der Waals surface area contributed by atoms with Crippen LogP contribution in [0.15, 0.2) is 11.8 Å². The highest BCUT2D eigenvalue weighted by Crippen LogP contribution is 2.33. The zero-order valence-electron chi connectivity index (χ0n) is 17.0. The number of nitrogens with zero attached hydrogens (tertiary/aromatic N) is 4. The van der Waals surface area contributed by atoms with E-state index in [9.17, 15) is 14.4 Å². The number of hydrogen-bond acceptors (Lipinski definition) is 6. The number of carbonyl (C=O) groups is 3. The third-order valence-electron chi connectivity index (χ3n) is 5.30. The fourth-order valence-corrected chi connectivity index (χ4v) is 3.96. The zero-order chi connectivity index (χ0) is 20.4. The summed E-state index contributed by atoms with van der Waals surface area (Å²) in [5.41, 5.74) is 2.16. The lowest BCUT2D eigenvalue weighted by atomic mass is 9.90. The molecular formula is C20H28N4O4. The molecule has 0 bridgehead atoms. The van der Waals surface area contributed by atoms with Gasteiger partial charge in [-0.15, -0.1) is 0 Å². The first-order chi connectivity index (χ1) is 13.3. The minimum Gasteiger partial charge on any atom is -0.461 e. The molecule has 0 saturated carbocycles. The van der Waals surface area contributed by atoms with Gasteiger partial charge in [-0.05, 0) is 32.6 Å². The Labute approximate surface area is 165 Å². The predicted octanol–water partition coefficient (Wildman–Crippen LogP) is 1.82. The molecule has 152 valence electrons. The third-order valence-corrected chi connectivity index (χ3v) is 5.30. The van der Waals surface area contributed by atoms with Gasteiger partial charge in [-0.1, -0.05) is 0 Å². The fraction of sp³-hybridized carbons (Fsp3) is 0.600. The number of likely N-dealkylation sites (tertiary alicyclic amines) is 1. The van der Waals surface area contributed by atoms with Crippen LogP contribution in [0.4, 0.5) is 0 Å². The molecule has 0 unspecified atom stereocenters. The first kappa shape index (κ1) is 20.1. The summed E-state index contributed by atoms with van der Waals surface area (Å²) in [6.45, 7) is 4.83. The smallest absolute Gasteiger partial charge is 0.359 e. The third kappa shape index (κ3) is 3.81. The maximum atomic E-state index is 13.2. The van der Waals surface area contributed by atoms with Gasteiger partial charge in [-0.3, -0.25) is 14.3 Å². The molecule has 8 heteroatoms. The summed E-state index contributed by atoms with van der Waals surface area (Å²) in [7, 11) is 3.77. The molecule has 0 spiro atoms. The topological polar surface area (TPSA) is 84.7 Å². The molecular weight excluding hydrogens is 360 g/mol. The zero-order valence-corrected chi connectivity index (χ0v) is 17.0. The van der Waals surface area contributed by atoms with Crippen LogP contribution in [0.2, 0.25) is 0 Å². The number of amides is 1. The highest BCUT2D eigenvalue weighted by molar-refractivity contribution is 6.11. The number of ether oxygens (including phenoxy) is 1. The van der Waals surface area contributed by atoms with Crippen molar-refractivity contribution in [2.24, 2.45) is 0 Å². The second kappa shape index (κ2) is 8.16. The van der Waals surface area contributed by atoms with Crippen LogP contribution in [0.1, 0.15) is 65.7 Å². The van der Waals surface area contributed by atoms with E-state index in [1.165, 1.54) is 0 Å². The quantitative estimate of drug-likeness (QED) is 0.578. The molecule has 1 aliphatic carbocycles. The minimum atomic E-state index is -0.480. The molecule has 1 aromatic rings. The first-order valence-electron chi connectivity index (χ1n) is 9.79. The number of rotatable bonds is 4. The van der Waals surface area contributed by atoms with Gasteiger partial charge in [0.25, 0.3) is 0 Å². The molecule has 3 rings (SSSR count). The normalized spacial score (nSPS) is 18.9. The van der Waals surface area contributed by atoms with Gasteiger partial charge in [0, 0.05) is 51.4 Å². The highest BCUT2D eigenvalue weighted by atomic mass is 16.5. The van der Waals surface area contributed by atoms with Gasteiger partial charge in [0.15, 0.2) is 5.69 Å². The van der Waals surface area contributed by atoms with Crippen LogP contribution in [-0.2, 0) is 16.0 Å². The summed E-state index contributed by atoms with van der Waals surface area (Å²) in [5.74, 6) is -0.501. The summed E-state index contributed by atoms with van der Waals surface area (Å²) < 4.78 is 6.89. The summed E-state index contributed by atoms with van der Waals surface area (Å²) in [4.78, 5) is 40.9. The van der Waals surface area contributed by atoms with Crippen molar-refractivity contribution < 1.29 is 19.1 Å². The van der Waals surface area contributed by atoms with E-state index in [0.29, 0.717) is 50.0 Å². The number of esters is 1. The maximum Gasteiger partial charge on any atom is 0.359 e. The maximum absolute atomic E-state index is 13.2. The van der Waals surface area contributed by atoms with Crippen LogP contribution in [0.25, 0.3) is 0 Å². The summed E-state index contributed by atoms with van der Waals surface area (Å²) >= 11 is 0. The van der Waals surface area contributed by atoms with Crippen molar-refractivity contribution in [1.29, 1.82) is 0 Å². The standard InChI is InChI=1S/C20H28N4O4/c1-5-28-20(27)17-16-7-6-14(12-22(3)4)19(26)18(16)24(21-17)15-8-10-23(11-9-15)13(2)25/h12,15H,5-11H2,1-4H3/b14-12-. The summed E-state index contributed by atoms with van der Waals surface area (Å²) in [5, 5.41) is 4.54. The Bertz CT molecular complexity index is 816. The Balaban J connectivity index is 1.99. The van der Waals surface area contributed by atoms with Crippen LogP contribution < -0.4 is 0 Å². The van der Waals surface area contributed by atoms with E-state index >= 15 is 0 Å². The molecule has 28 heavy (non-hydrogen) atoms. The number of piperidine rings is 1. The number of ketones is 1. The lowest BCUT2D eigenvalue weighted by Crippen LogP contribution is -2.38. The minimum absolute atomic E-state index is 0.0183. The lowest BCUT2D eigenvalue weighted by molar-refractivity contribution is -0.130. The molecule has 1 saturated heterocycles. The molecule has 0 N–H and O–H groups in total. The van der Waals surface area contributed by atoms with Crippen molar-refractivity contribution in [3.63, 3.8) is 0 Å². The van der Waals surface area contributed by atoms with Crippen molar-refractivity contribution >= 4 is 17.7 Å². The molecule has 0 aromatic carbocycles. The largest absolute Gasteiger partial charge is 0.461 e. The average Bonchev–Trinajstić information content (AvgIpc) is 3.04. The van der Waals surface area contributed by atoms with Gasteiger partial charge in [0.1, 0.15) is 5.69 Å². The summed E-state index contributed by atoms with van der Waals surface area (Å²) in [6.07, 6.45) is 4.41. The van der Waals surface area contributed by atoms with Crippen molar-refractivity contribution in [1.82, 2.24) is 19.6 Å². The van der Waals surface area contributed by atoms with Gasteiger partial charge in [-0.25, -0.2) is 4.79 Å². The van der Waals surface area contributed by atoms with Gasteiger partial charge in [0.05, 0.1) is 12.6 Å². The van der Waals surface area contributed by atoms with Gasteiger partial charge in [0.2, 0.25) is 11.7 Å². The van der Waals surface area contributed by atoms with Crippen molar-refractivity contribution in [3.05, 3.63) is 28.7 Å². The molecule has 1 aromatic heterocycles. The monoisotopic (exact) mass is 388 g/mol. The Morgan fingerprint density at radius 3 is 2.50 bits per heavy atom. The number of aromatic nitrogens is 2. The average molecular weight is 388 g/mol. The van der Waals surface area contributed by atoms with E-state index in [2.05, 4.69) is 5.10 Å². The fourth-order valence-electron chi connectivity index (χ4n) is 3.96. The molecule has 8 nitrogen and oxygen atoms in total. The van der Waals surface area contributed by atoms with Gasteiger partial charge < -0.3 is 14.5 Å². The number of Topliss-reactive ketones (excluding diaryl/α,β-unsaturated/α-hetero) is 1. The van der Waals surface area contributed by atoms with E-state index in [4.69, 9.17) is 4.74 Å². The van der Waals surface area contributed by atoms with Crippen LogP contribution in [-0.4, -0.2) is 71.0 Å². The second-order valence-electron chi connectivity index (χ2n) is 7.53. The van der Waals surface area contributed by atoms with E-state index < -0.39 is 5.97 Å². The van der Waals surface area contributed by atoms with Crippen molar-refractivity contribution in [2.75, 3.05) is 33.8 Å². The molecule has 0 radical (unpaired) electrons. The van der Waals surface area contributed by atoms with E-state index in [-0.39, 0.29) is 30.0 Å².